The van der Waals surface area contributed by atoms with Gasteiger partial charge in [0.25, 0.3) is 0 Å². The number of rotatable bonds is 6. The fourth-order valence-electron chi connectivity index (χ4n) is 3.64. The van der Waals surface area contributed by atoms with E-state index in [-0.39, 0.29) is 12.2 Å². The van der Waals surface area contributed by atoms with Crippen LogP contribution in [0.3, 0.4) is 0 Å². The molecular weight excluding hydrogens is 372 g/mol. The Morgan fingerprint density at radius 2 is 1.40 bits per heavy atom. The van der Waals surface area contributed by atoms with E-state index in [1.54, 1.807) is 0 Å². The monoisotopic (exact) mass is 400 g/mol. The predicted octanol–water partition coefficient (Wildman–Crippen LogP) is 6.55. The van der Waals surface area contributed by atoms with Crippen LogP contribution in [0.15, 0.2) is 67.0 Å². The molecule has 4 aromatic rings. The van der Waals surface area contributed by atoms with Crippen molar-refractivity contribution >= 4 is 5.65 Å². The fraction of sp³-hybridized carbons (Fsp3) is 0.269. The lowest BCUT2D eigenvalue weighted by Crippen LogP contribution is -2.05. The number of hydrogen-bond acceptors (Lipinski definition) is 3. The highest BCUT2D eigenvalue weighted by molar-refractivity contribution is 5.71. The van der Waals surface area contributed by atoms with Crippen molar-refractivity contribution in [2.45, 2.75) is 46.8 Å². The maximum Gasteiger partial charge on any atom is 0.137 e. The molecule has 0 aliphatic rings. The quantitative estimate of drug-likeness (QED) is 0.368. The van der Waals surface area contributed by atoms with Gasteiger partial charge in [-0.05, 0) is 99.8 Å². The van der Waals surface area contributed by atoms with Gasteiger partial charge < -0.3 is 9.47 Å². The highest BCUT2D eigenvalue weighted by atomic mass is 16.5. The van der Waals surface area contributed by atoms with E-state index in [0.29, 0.717) is 0 Å². The van der Waals surface area contributed by atoms with E-state index in [2.05, 4.69) is 58.9 Å². The van der Waals surface area contributed by atoms with Crippen molar-refractivity contribution in [1.82, 2.24) is 9.38 Å². The van der Waals surface area contributed by atoms with Crippen LogP contribution in [0.4, 0.5) is 0 Å². The summed E-state index contributed by atoms with van der Waals surface area (Å²) < 4.78 is 13.7. The summed E-state index contributed by atoms with van der Waals surface area (Å²) >= 11 is 0. The molecule has 0 spiro atoms. The summed E-state index contributed by atoms with van der Waals surface area (Å²) in [5, 5.41) is 0. The number of nitrogens with zero attached hydrogens (tertiary/aromatic N) is 2. The van der Waals surface area contributed by atoms with Gasteiger partial charge in [-0.25, -0.2) is 4.98 Å². The van der Waals surface area contributed by atoms with Gasteiger partial charge in [0.2, 0.25) is 0 Å². The second-order valence-electron chi connectivity index (χ2n) is 8.12. The van der Waals surface area contributed by atoms with Gasteiger partial charge >= 0.3 is 0 Å². The molecule has 0 radical (unpaired) electrons. The third kappa shape index (κ3) is 4.18. The Balaban J connectivity index is 1.70. The summed E-state index contributed by atoms with van der Waals surface area (Å²) in [6, 6.07) is 18.6. The maximum atomic E-state index is 5.83. The van der Waals surface area contributed by atoms with Gasteiger partial charge in [-0.15, -0.1) is 0 Å². The summed E-state index contributed by atoms with van der Waals surface area (Å²) in [7, 11) is 0. The first kappa shape index (κ1) is 20.0. The summed E-state index contributed by atoms with van der Waals surface area (Å²) in [6.45, 7) is 10.3. The lowest BCUT2D eigenvalue weighted by atomic mass is 10.0. The molecule has 0 saturated heterocycles. The molecule has 0 saturated carbocycles. The number of ether oxygens (including phenoxy) is 2. The first-order valence-corrected chi connectivity index (χ1v) is 10.4. The largest absolute Gasteiger partial charge is 0.491 e. The van der Waals surface area contributed by atoms with Gasteiger partial charge in [0.15, 0.2) is 0 Å². The van der Waals surface area contributed by atoms with E-state index in [9.17, 15) is 0 Å². The maximum absolute atomic E-state index is 5.83. The van der Waals surface area contributed by atoms with Crippen molar-refractivity contribution in [3.05, 3.63) is 72.6 Å². The van der Waals surface area contributed by atoms with Gasteiger partial charge in [-0.2, -0.15) is 0 Å². The summed E-state index contributed by atoms with van der Waals surface area (Å²) in [4.78, 5) is 4.58. The molecule has 0 bridgehead atoms. The van der Waals surface area contributed by atoms with Crippen molar-refractivity contribution in [2.75, 3.05) is 0 Å². The number of imidazole rings is 1. The third-order valence-corrected chi connectivity index (χ3v) is 4.91. The second-order valence-corrected chi connectivity index (χ2v) is 8.12. The van der Waals surface area contributed by atoms with Crippen molar-refractivity contribution < 1.29 is 9.47 Å². The summed E-state index contributed by atoms with van der Waals surface area (Å²) in [5.41, 5.74) is 6.61. The molecule has 0 amide bonds. The van der Waals surface area contributed by atoms with Crippen LogP contribution in [0.2, 0.25) is 0 Å². The van der Waals surface area contributed by atoms with Gasteiger partial charge in [0, 0.05) is 11.8 Å². The van der Waals surface area contributed by atoms with Gasteiger partial charge in [0.05, 0.1) is 24.1 Å². The number of aromatic nitrogens is 2. The number of fused-ring (bicyclic) bond motifs is 1. The van der Waals surface area contributed by atoms with E-state index in [1.807, 2.05) is 52.1 Å². The Hall–Kier alpha value is -3.27. The molecule has 4 heteroatoms. The topological polar surface area (TPSA) is 35.8 Å². The molecule has 30 heavy (non-hydrogen) atoms. The lowest BCUT2D eigenvalue weighted by Gasteiger charge is -2.13. The molecule has 2 aromatic heterocycles. The smallest absolute Gasteiger partial charge is 0.137 e. The third-order valence-electron chi connectivity index (χ3n) is 4.91. The van der Waals surface area contributed by atoms with E-state index < -0.39 is 0 Å². The molecule has 0 aliphatic carbocycles. The Morgan fingerprint density at radius 1 is 0.767 bits per heavy atom. The number of hydrogen-bond donors (Lipinski definition) is 0. The van der Waals surface area contributed by atoms with Crippen LogP contribution < -0.4 is 9.47 Å². The first-order chi connectivity index (χ1) is 14.4. The zero-order valence-corrected chi connectivity index (χ0v) is 18.2. The number of pyridine rings is 1. The molecule has 0 unspecified atom stereocenters. The van der Waals surface area contributed by atoms with E-state index in [1.165, 1.54) is 11.1 Å². The van der Waals surface area contributed by atoms with Crippen molar-refractivity contribution in [1.29, 1.82) is 0 Å². The van der Waals surface area contributed by atoms with Crippen LogP contribution >= 0.6 is 0 Å². The zero-order valence-electron chi connectivity index (χ0n) is 18.2. The number of aryl methyl sites for hydroxylation is 1. The Kier molecular flexibility index (Phi) is 5.49. The van der Waals surface area contributed by atoms with Crippen LogP contribution in [0.25, 0.3) is 28.0 Å². The van der Waals surface area contributed by atoms with Crippen LogP contribution in [0, 0.1) is 6.92 Å². The Labute approximate surface area is 178 Å². The van der Waals surface area contributed by atoms with Crippen molar-refractivity contribution in [2.24, 2.45) is 0 Å². The van der Waals surface area contributed by atoms with Crippen LogP contribution in [-0.2, 0) is 0 Å². The fourth-order valence-corrected chi connectivity index (χ4v) is 3.64. The molecule has 0 atom stereocenters. The molecule has 4 rings (SSSR count). The summed E-state index contributed by atoms with van der Waals surface area (Å²) in [5.74, 6) is 1.78. The molecule has 0 N–H and O–H groups in total. The van der Waals surface area contributed by atoms with E-state index in [0.717, 1.165) is 34.0 Å². The molecule has 0 aliphatic heterocycles. The highest BCUT2D eigenvalue weighted by Crippen LogP contribution is 2.30. The molecule has 2 aromatic carbocycles. The van der Waals surface area contributed by atoms with Gasteiger partial charge in [-0.1, -0.05) is 6.07 Å². The Bertz CT molecular complexity index is 1160. The van der Waals surface area contributed by atoms with Gasteiger partial charge in [0.1, 0.15) is 17.1 Å². The molecule has 0 fully saturated rings. The van der Waals surface area contributed by atoms with Crippen LogP contribution in [0.1, 0.15) is 33.3 Å². The molecular formula is C26H28N2O2. The van der Waals surface area contributed by atoms with E-state index in [4.69, 9.17) is 9.47 Å². The minimum Gasteiger partial charge on any atom is -0.491 e. The first-order valence-electron chi connectivity index (χ1n) is 10.4. The molecule has 2 heterocycles. The van der Waals surface area contributed by atoms with Crippen molar-refractivity contribution in [3.63, 3.8) is 0 Å². The normalized spacial score (nSPS) is 11.4. The summed E-state index contributed by atoms with van der Waals surface area (Å²) in [6.07, 6.45) is 4.40. The average molecular weight is 401 g/mol. The standard InChI is InChI=1S/C26H28N2O2/c1-17(2)29-22-9-6-20(7-10-22)25-15-27-26-13-8-21(16-28(25)26)24-12-11-23(14-19(24)5)30-18(3)4/h6-18H,1-5H3. The minimum atomic E-state index is 0.162. The highest BCUT2D eigenvalue weighted by Gasteiger charge is 2.10. The SMILES string of the molecule is Cc1cc(OC(C)C)ccc1-c1ccc2ncc(-c3ccc(OC(C)C)cc3)n2c1. The molecule has 154 valence electrons. The van der Waals surface area contributed by atoms with Crippen LogP contribution in [-0.4, -0.2) is 21.6 Å². The predicted molar refractivity (Wildman–Crippen MR) is 122 cm³/mol. The van der Waals surface area contributed by atoms with Crippen LogP contribution in [0.5, 0.6) is 11.5 Å². The van der Waals surface area contributed by atoms with E-state index >= 15 is 0 Å². The zero-order chi connectivity index (χ0) is 21.3. The average Bonchev–Trinajstić information content (AvgIpc) is 3.11. The lowest BCUT2D eigenvalue weighted by molar-refractivity contribution is 0.242. The second kappa shape index (κ2) is 8.23. The minimum absolute atomic E-state index is 0.162. The number of benzene rings is 2. The Morgan fingerprint density at radius 3 is 2.07 bits per heavy atom. The van der Waals surface area contributed by atoms with Crippen molar-refractivity contribution in [3.8, 4) is 33.9 Å². The molecule has 4 nitrogen and oxygen atoms in total. The van der Waals surface area contributed by atoms with Gasteiger partial charge in [-0.3, -0.25) is 4.40 Å².